The molecule has 1 aromatic heterocycles. The van der Waals surface area contributed by atoms with Crippen LogP contribution in [0.3, 0.4) is 0 Å². The minimum absolute atomic E-state index is 0.0455. The molecule has 1 aliphatic carbocycles. The van der Waals surface area contributed by atoms with E-state index in [0.29, 0.717) is 0 Å². The van der Waals surface area contributed by atoms with Crippen LogP contribution in [0.2, 0.25) is 0 Å². The molecule has 0 spiro atoms. The zero-order chi connectivity index (χ0) is 23.3. The first-order valence-corrected chi connectivity index (χ1v) is 13.0. The molecule has 1 aliphatic heterocycles. The summed E-state index contributed by atoms with van der Waals surface area (Å²) in [5.41, 5.74) is 12.1. The zero-order valence-corrected chi connectivity index (χ0v) is 20.5. The van der Waals surface area contributed by atoms with E-state index in [1.165, 1.54) is 70.7 Å². The van der Waals surface area contributed by atoms with E-state index in [9.17, 15) is 0 Å². The Bertz CT molecular complexity index is 1840. The summed E-state index contributed by atoms with van der Waals surface area (Å²) in [5.74, 6) is 0. The highest BCUT2D eigenvalue weighted by Gasteiger charge is 2.39. The Balaban J connectivity index is 1.43. The van der Waals surface area contributed by atoms with Gasteiger partial charge < -0.3 is 4.57 Å². The number of hydrogen-bond donors (Lipinski definition) is 0. The van der Waals surface area contributed by atoms with Crippen molar-refractivity contribution < 1.29 is 0 Å². The molecule has 8 rings (SSSR count). The second kappa shape index (κ2) is 6.68. The van der Waals surface area contributed by atoms with Crippen molar-refractivity contribution in [3.63, 3.8) is 0 Å². The van der Waals surface area contributed by atoms with Gasteiger partial charge in [-0.25, -0.2) is 0 Å². The molecule has 0 fully saturated rings. The van der Waals surface area contributed by atoms with Gasteiger partial charge in [0.1, 0.15) is 0 Å². The third kappa shape index (κ3) is 2.45. The second-order valence-corrected chi connectivity index (χ2v) is 11.2. The van der Waals surface area contributed by atoms with Crippen LogP contribution in [0.15, 0.2) is 113 Å². The van der Waals surface area contributed by atoms with E-state index >= 15 is 0 Å². The summed E-state index contributed by atoms with van der Waals surface area (Å²) in [6.07, 6.45) is 0. The van der Waals surface area contributed by atoms with E-state index in [1.807, 2.05) is 11.8 Å². The van der Waals surface area contributed by atoms with E-state index in [4.69, 9.17) is 0 Å². The molecule has 6 aromatic rings. The number of benzene rings is 5. The smallest absolute Gasteiger partial charge is 0.0681 e. The number of para-hydroxylation sites is 2. The fraction of sp³-hybridized carbons (Fsp3) is 0.0909. The number of fused-ring (bicyclic) bond motifs is 9. The Labute approximate surface area is 209 Å². The van der Waals surface area contributed by atoms with E-state index in [-0.39, 0.29) is 5.41 Å². The Morgan fingerprint density at radius 2 is 1.46 bits per heavy atom. The van der Waals surface area contributed by atoms with Crippen LogP contribution < -0.4 is 0 Å². The van der Waals surface area contributed by atoms with E-state index in [2.05, 4.69) is 122 Å². The van der Waals surface area contributed by atoms with Gasteiger partial charge in [0.05, 0.1) is 16.7 Å². The highest BCUT2D eigenvalue weighted by atomic mass is 32.2. The fourth-order valence-electron chi connectivity index (χ4n) is 6.30. The Kier molecular flexibility index (Phi) is 3.73. The number of aromatic nitrogens is 1. The van der Waals surface area contributed by atoms with E-state index in [1.54, 1.807) is 0 Å². The predicted molar refractivity (Wildman–Crippen MR) is 148 cm³/mol. The molecule has 0 N–H and O–H groups in total. The van der Waals surface area contributed by atoms with Crippen LogP contribution in [0.25, 0.3) is 49.7 Å². The van der Waals surface area contributed by atoms with Gasteiger partial charge in [0.15, 0.2) is 0 Å². The van der Waals surface area contributed by atoms with Gasteiger partial charge in [0, 0.05) is 31.5 Å². The molecule has 0 saturated carbocycles. The first-order chi connectivity index (χ1) is 17.1. The van der Waals surface area contributed by atoms with Gasteiger partial charge >= 0.3 is 0 Å². The summed E-state index contributed by atoms with van der Waals surface area (Å²) < 4.78 is 2.50. The van der Waals surface area contributed by atoms with Crippen LogP contribution in [0.1, 0.15) is 25.0 Å². The molecule has 0 atom stereocenters. The number of rotatable bonds is 1. The standard InChI is InChI=1S/C33H23NS/c1-33(2)25-17-18-28-32(30(25)24-16-15-21(19-26(24)33)20-9-4-3-5-10-20)35-29-14-8-12-23-22-11-6-7-13-27(22)34(28)31(23)29/h3-19H,1-2H3. The SMILES string of the molecule is CC1(C)c2cc(-c3ccccc3)ccc2-c2c1ccc1c2Sc2cccc3c4ccccc4n-1c23. The summed E-state index contributed by atoms with van der Waals surface area (Å²) in [7, 11) is 0. The van der Waals surface area contributed by atoms with Crippen molar-refractivity contribution in [3.05, 3.63) is 114 Å². The largest absolute Gasteiger partial charge is 0.307 e. The molecule has 0 amide bonds. The lowest BCUT2D eigenvalue weighted by Gasteiger charge is -2.25. The van der Waals surface area contributed by atoms with Crippen LogP contribution in [-0.2, 0) is 5.41 Å². The molecular weight excluding hydrogens is 442 g/mol. The summed E-state index contributed by atoms with van der Waals surface area (Å²) in [5, 5.41) is 2.66. The van der Waals surface area contributed by atoms with Crippen molar-refractivity contribution >= 4 is 33.6 Å². The second-order valence-electron chi connectivity index (χ2n) is 10.2. The average molecular weight is 466 g/mol. The summed E-state index contributed by atoms with van der Waals surface area (Å²) in [4.78, 5) is 2.72. The Hall–Kier alpha value is -3.75. The van der Waals surface area contributed by atoms with Crippen LogP contribution in [0, 0.1) is 0 Å². The third-order valence-corrected chi connectivity index (χ3v) is 9.16. The molecule has 2 aliphatic rings. The summed E-state index contributed by atoms with van der Waals surface area (Å²) in [6.45, 7) is 4.76. The Morgan fingerprint density at radius 3 is 2.34 bits per heavy atom. The fourth-order valence-corrected chi connectivity index (χ4v) is 7.55. The van der Waals surface area contributed by atoms with Gasteiger partial charge in [0.2, 0.25) is 0 Å². The van der Waals surface area contributed by atoms with Gasteiger partial charge in [0.25, 0.3) is 0 Å². The van der Waals surface area contributed by atoms with Crippen molar-refractivity contribution in [2.24, 2.45) is 0 Å². The van der Waals surface area contributed by atoms with Crippen LogP contribution in [-0.4, -0.2) is 4.57 Å². The van der Waals surface area contributed by atoms with Crippen molar-refractivity contribution in [1.82, 2.24) is 4.57 Å². The highest BCUT2D eigenvalue weighted by Crippen LogP contribution is 2.57. The lowest BCUT2D eigenvalue weighted by atomic mass is 9.81. The maximum Gasteiger partial charge on any atom is 0.0681 e. The van der Waals surface area contributed by atoms with Crippen LogP contribution in [0.4, 0.5) is 0 Å². The van der Waals surface area contributed by atoms with E-state index in [0.717, 1.165) is 0 Å². The van der Waals surface area contributed by atoms with Crippen LogP contribution in [0.5, 0.6) is 0 Å². The molecule has 0 saturated heterocycles. The van der Waals surface area contributed by atoms with Crippen LogP contribution >= 0.6 is 11.8 Å². The van der Waals surface area contributed by atoms with Crippen molar-refractivity contribution in [1.29, 1.82) is 0 Å². The summed E-state index contributed by atoms with van der Waals surface area (Å²) >= 11 is 1.94. The maximum atomic E-state index is 2.50. The van der Waals surface area contributed by atoms with Gasteiger partial charge in [-0.05, 0) is 52.1 Å². The first-order valence-electron chi connectivity index (χ1n) is 12.2. The van der Waals surface area contributed by atoms with Gasteiger partial charge in [-0.1, -0.05) is 104 Å². The molecule has 0 unspecified atom stereocenters. The molecule has 1 nitrogen and oxygen atoms in total. The summed E-state index contributed by atoms with van der Waals surface area (Å²) in [6, 6.07) is 38.1. The quantitative estimate of drug-likeness (QED) is 0.234. The predicted octanol–water partition coefficient (Wildman–Crippen LogP) is 9.22. The first kappa shape index (κ1) is 19.5. The third-order valence-electron chi connectivity index (χ3n) is 7.99. The number of hydrogen-bond acceptors (Lipinski definition) is 1. The van der Waals surface area contributed by atoms with E-state index < -0.39 is 0 Å². The normalized spacial score (nSPS) is 14.7. The van der Waals surface area contributed by atoms with Crippen molar-refractivity contribution in [2.75, 3.05) is 0 Å². The lowest BCUT2D eigenvalue weighted by Crippen LogP contribution is -2.15. The van der Waals surface area contributed by atoms with Crippen molar-refractivity contribution in [2.45, 2.75) is 29.1 Å². The Morgan fingerprint density at radius 1 is 0.657 bits per heavy atom. The zero-order valence-electron chi connectivity index (χ0n) is 19.7. The number of nitrogens with zero attached hydrogens (tertiary/aromatic N) is 1. The lowest BCUT2D eigenvalue weighted by molar-refractivity contribution is 0.659. The molecule has 0 bridgehead atoms. The minimum Gasteiger partial charge on any atom is -0.307 e. The molecular formula is C33H23NS. The molecule has 35 heavy (non-hydrogen) atoms. The molecule has 2 heteroatoms. The maximum absolute atomic E-state index is 2.50. The topological polar surface area (TPSA) is 4.93 Å². The average Bonchev–Trinajstić information content (AvgIpc) is 3.36. The van der Waals surface area contributed by atoms with Gasteiger partial charge in [-0.3, -0.25) is 0 Å². The molecule has 0 radical (unpaired) electrons. The highest BCUT2D eigenvalue weighted by molar-refractivity contribution is 8.00. The van der Waals surface area contributed by atoms with Gasteiger partial charge in [-0.15, -0.1) is 0 Å². The monoisotopic (exact) mass is 465 g/mol. The molecule has 2 heterocycles. The molecule has 166 valence electrons. The van der Waals surface area contributed by atoms with Crippen molar-refractivity contribution in [3.8, 4) is 27.9 Å². The van der Waals surface area contributed by atoms with Gasteiger partial charge in [-0.2, -0.15) is 0 Å². The minimum atomic E-state index is -0.0455. The molecule has 5 aromatic carbocycles.